The van der Waals surface area contributed by atoms with Gasteiger partial charge in [0.15, 0.2) is 4.34 Å². The van der Waals surface area contributed by atoms with Gasteiger partial charge in [-0.25, -0.2) is 4.39 Å². The fourth-order valence-corrected chi connectivity index (χ4v) is 7.25. The van der Waals surface area contributed by atoms with Gasteiger partial charge in [-0.1, -0.05) is 70.6 Å². The molecule has 3 aromatic carbocycles. The van der Waals surface area contributed by atoms with Gasteiger partial charge in [0.05, 0.1) is 11.6 Å². The quantitative estimate of drug-likeness (QED) is 0.0792. The first kappa shape index (κ1) is 27.7. The first-order valence-electron chi connectivity index (χ1n) is 12.5. The smallest absolute Gasteiger partial charge is 0.301 e. The van der Waals surface area contributed by atoms with E-state index in [0.29, 0.717) is 44.0 Å². The summed E-state index contributed by atoms with van der Waals surface area (Å²) in [4.78, 5) is 28.2. The van der Waals surface area contributed by atoms with Crippen LogP contribution in [0.15, 0.2) is 70.6 Å². The molecular formula is C29H20Cl2FN3O4S2. The Morgan fingerprint density at radius 3 is 2.73 bits per heavy atom. The van der Waals surface area contributed by atoms with Crippen LogP contribution in [0.4, 0.5) is 9.52 Å². The number of anilines is 1. The number of rotatable bonds is 6. The highest BCUT2D eigenvalue weighted by Crippen LogP contribution is 2.46. The number of ether oxygens (including phenoxy) is 1. The molecule has 6 rings (SSSR count). The van der Waals surface area contributed by atoms with E-state index in [1.807, 2.05) is 6.92 Å². The Labute approximate surface area is 252 Å². The highest BCUT2D eigenvalue weighted by molar-refractivity contribution is 8.00. The highest BCUT2D eigenvalue weighted by atomic mass is 35.5. The Hall–Kier alpha value is -3.44. The van der Waals surface area contributed by atoms with Crippen molar-refractivity contribution in [1.82, 2.24) is 10.2 Å². The summed E-state index contributed by atoms with van der Waals surface area (Å²) in [7, 11) is 0. The molecule has 208 valence electrons. The minimum absolute atomic E-state index is 0.0105. The minimum Gasteiger partial charge on any atom is -0.507 e. The van der Waals surface area contributed by atoms with Gasteiger partial charge in [-0.3, -0.25) is 14.5 Å². The van der Waals surface area contributed by atoms with Gasteiger partial charge in [0.1, 0.15) is 23.4 Å². The number of aromatic nitrogens is 2. The van der Waals surface area contributed by atoms with Crippen LogP contribution in [0, 0.1) is 5.82 Å². The van der Waals surface area contributed by atoms with Crippen LogP contribution < -0.4 is 9.64 Å². The van der Waals surface area contributed by atoms with Crippen molar-refractivity contribution >= 4 is 68.9 Å². The number of ketones is 1. The predicted octanol–water partition coefficient (Wildman–Crippen LogP) is 7.23. The van der Waals surface area contributed by atoms with Crippen molar-refractivity contribution in [2.45, 2.75) is 35.6 Å². The van der Waals surface area contributed by atoms with E-state index in [0.717, 1.165) is 16.9 Å². The monoisotopic (exact) mass is 627 g/mol. The second-order valence-electron chi connectivity index (χ2n) is 9.52. The van der Waals surface area contributed by atoms with Crippen LogP contribution in [0.25, 0.3) is 5.76 Å². The summed E-state index contributed by atoms with van der Waals surface area (Å²) in [5.41, 5.74) is 2.00. The van der Waals surface area contributed by atoms with Crippen LogP contribution >= 0.6 is 46.3 Å². The van der Waals surface area contributed by atoms with Crippen LogP contribution in [0.1, 0.15) is 35.2 Å². The topological polar surface area (TPSA) is 92.6 Å². The van der Waals surface area contributed by atoms with Gasteiger partial charge < -0.3 is 9.84 Å². The molecular weight excluding hydrogens is 608 g/mol. The maximum atomic E-state index is 14.1. The molecule has 0 spiro atoms. The fraction of sp³-hybridized carbons (Fsp3) is 0.172. The Morgan fingerprint density at radius 2 is 1.95 bits per heavy atom. The molecule has 0 bridgehead atoms. The normalized spacial score (nSPS) is 19.5. The molecule has 2 unspecified atom stereocenters. The van der Waals surface area contributed by atoms with Crippen molar-refractivity contribution in [2.75, 3.05) is 4.90 Å². The molecule has 1 saturated heterocycles. The second kappa shape index (κ2) is 11.1. The zero-order chi connectivity index (χ0) is 28.8. The van der Waals surface area contributed by atoms with Gasteiger partial charge >= 0.3 is 5.91 Å². The third-order valence-corrected chi connectivity index (χ3v) is 9.45. The first-order valence-corrected chi connectivity index (χ1v) is 15.0. The highest BCUT2D eigenvalue weighted by Gasteiger charge is 2.49. The number of hydrogen-bond donors (Lipinski definition) is 1. The lowest BCUT2D eigenvalue weighted by molar-refractivity contribution is -0.132. The average Bonchev–Trinajstić information content (AvgIpc) is 3.63. The minimum atomic E-state index is -1.10. The van der Waals surface area contributed by atoms with E-state index in [-0.39, 0.29) is 33.4 Å². The lowest BCUT2D eigenvalue weighted by atomic mass is 9.94. The molecule has 1 fully saturated rings. The maximum Gasteiger partial charge on any atom is 0.301 e. The summed E-state index contributed by atoms with van der Waals surface area (Å²) in [6.45, 7) is 1.94. The number of carbonyl (C=O) groups is 2. The molecule has 0 saturated carbocycles. The number of aliphatic hydroxyl groups excluding tert-OH is 1. The third-order valence-electron chi connectivity index (χ3n) is 6.78. The Bertz CT molecular complexity index is 1740. The molecule has 2 atom stereocenters. The summed E-state index contributed by atoms with van der Waals surface area (Å²) in [6, 6.07) is 15.1. The number of benzene rings is 3. The molecule has 3 heterocycles. The molecule has 1 N–H and O–H groups in total. The van der Waals surface area contributed by atoms with Crippen molar-refractivity contribution in [3.63, 3.8) is 0 Å². The van der Waals surface area contributed by atoms with E-state index in [9.17, 15) is 19.1 Å². The SMILES string of the molecule is CC1Cc2cc(/C(O)=C3\C(=O)C(=O)N(c4nnc(SCc5ccccc5F)s4)C3c3ccc(Cl)cc3Cl)ccc2O1. The number of halogens is 3. The van der Waals surface area contributed by atoms with Gasteiger partial charge in [-0.2, -0.15) is 0 Å². The van der Waals surface area contributed by atoms with Crippen molar-refractivity contribution in [1.29, 1.82) is 0 Å². The number of hydrogen-bond acceptors (Lipinski definition) is 8. The van der Waals surface area contributed by atoms with Crippen molar-refractivity contribution in [3.8, 4) is 5.75 Å². The molecule has 2 aliphatic heterocycles. The summed E-state index contributed by atoms with van der Waals surface area (Å²) in [5, 5.41) is 20.5. The zero-order valence-electron chi connectivity index (χ0n) is 21.3. The predicted molar refractivity (Wildman–Crippen MR) is 157 cm³/mol. The number of amides is 1. The largest absolute Gasteiger partial charge is 0.507 e. The molecule has 4 aromatic rings. The van der Waals surface area contributed by atoms with Gasteiger partial charge in [0, 0.05) is 27.8 Å². The Balaban J connectivity index is 1.41. The van der Waals surface area contributed by atoms with E-state index >= 15 is 0 Å². The average molecular weight is 629 g/mol. The number of Topliss-reactive ketones (excluding diaryl/α,β-unsaturated/α-hetero) is 1. The number of nitrogens with zero attached hydrogens (tertiary/aromatic N) is 3. The van der Waals surface area contributed by atoms with E-state index < -0.39 is 17.7 Å². The van der Waals surface area contributed by atoms with Crippen molar-refractivity contribution in [3.05, 3.63) is 104 Å². The molecule has 1 aromatic heterocycles. The lowest BCUT2D eigenvalue weighted by Gasteiger charge is -2.23. The van der Waals surface area contributed by atoms with Crippen LogP contribution in [-0.2, 0) is 21.8 Å². The standard InChI is InChI=1S/C29H20Cl2FN3O4S2/c1-14-10-17-11-15(6-9-22(17)39-14)25(36)23-24(19-8-7-18(30)12-20(19)31)35(27(38)26(23)37)28-33-34-29(41-28)40-13-16-4-2-3-5-21(16)32/h2-9,11-12,14,24,36H,10,13H2,1H3/b25-23+. The molecule has 12 heteroatoms. The summed E-state index contributed by atoms with van der Waals surface area (Å²) >= 11 is 15.0. The van der Waals surface area contributed by atoms with Crippen LogP contribution in [0.2, 0.25) is 10.0 Å². The number of carbonyl (C=O) groups excluding carboxylic acids is 2. The number of thioether (sulfide) groups is 1. The van der Waals surface area contributed by atoms with E-state index in [4.69, 9.17) is 27.9 Å². The number of aliphatic hydroxyl groups is 1. The van der Waals surface area contributed by atoms with Crippen molar-refractivity contribution in [2.24, 2.45) is 0 Å². The Kier molecular flexibility index (Phi) is 7.50. The lowest BCUT2D eigenvalue weighted by Crippen LogP contribution is -2.29. The van der Waals surface area contributed by atoms with Gasteiger partial charge in [-0.05, 0) is 60.0 Å². The molecule has 0 radical (unpaired) electrons. The summed E-state index contributed by atoms with van der Waals surface area (Å²) in [5.74, 6) is -1.45. The van der Waals surface area contributed by atoms with E-state index in [1.54, 1.807) is 48.5 Å². The van der Waals surface area contributed by atoms with Gasteiger partial charge in [0.25, 0.3) is 5.78 Å². The fourth-order valence-electron chi connectivity index (χ4n) is 4.89. The molecule has 1 amide bonds. The van der Waals surface area contributed by atoms with Gasteiger partial charge in [0.2, 0.25) is 5.13 Å². The van der Waals surface area contributed by atoms with Crippen molar-refractivity contribution < 1.29 is 23.8 Å². The molecule has 0 aliphatic carbocycles. The van der Waals surface area contributed by atoms with Gasteiger partial charge in [-0.15, -0.1) is 10.2 Å². The maximum absolute atomic E-state index is 14.1. The molecule has 41 heavy (non-hydrogen) atoms. The van der Waals surface area contributed by atoms with Crippen LogP contribution in [-0.4, -0.2) is 33.1 Å². The third kappa shape index (κ3) is 5.21. The summed E-state index contributed by atoms with van der Waals surface area (Å²) < 4.78 is 20.3. The van der Waals surface area contributed by atoms with Crippen LogP contribution in [0.5, 0.6) is 5.75 Å². The molecule has 7 nitrogen and oxygen atoms in total. The van der Waals surface area contributed by atoms with E-state index in [1.165, 1.54) is 28.8 Å². The first-order chi connectivity index (χ1) is 19.7. The number of fused-ring (bicyclic) bond motifs is 1. The van der Waals surface area contributed by atoms with E-state index in [2.05, 4.69) is 10.2 Å². The second-order valence-corrected chi connectivity index (χ2v) is 12.5. The Morgan fingerprint density at radius 1 is 1.15 bits per heavy atom. The van der Waals surface area contributed by atoms with Crippen LogP contribution in [0.3, 0.4) is 0 Å². The zero-order valence-corrected chi connectivity index (χ0v) is 24.5. The molecule has 2 aliphatic rings. The summed E-state index contributed by atoms with van der Waals surface area (Å²) in [6.07, 6.45) is 0.638.